The van der Waals surface area contributed by atoms with E-state index in [9.17, 15) is 0 Å². The van der Waals surface area contributed by atoms with Gasteiger partial charge in [0.1, 0.15) is 4.34 Å². The smallest absolute Gasteiger partial charge is 0.150 e. The molecule has 1 rings (SSSR count). The van der Waals surface area contributed by atoms with Gasteiger partial charge < -0.3 is 5.32 Å². The SMILES string of the molecule is CCNCCCCSc1nc(C)cs1. The number of unbranched alkanes of at least 4 members (excludes halogenated alkanes) is 1. The van der Waals surface area contributed by atoms with Gasteiger partial charge in [-0.1, -0.05) is 18.7 Å². The molecule has 0 bridgehead atoms. The van der Waals surface area contributed by atoms with E-state index >= 15 is 0 Å². The Morgan fingerprint density at radius 3 is 3.00 bits per heavy atom. The molecule has 0 unspecified atom stereocenters. The predicted octanol–water partition coefficient (Wildman–Crippen LogP) is 2.93. The Bertz CT molecular complexity index is 248. The molecule has 0 aliphatic rings. The molecule has 2 nitrogen and oxygen atoms in total. The number of nitrogens with one attached hydrogen (secondary N) is 1. The third kappa shape index (κ3) is 4.98. The van der Waals surface area contributed by atoms with Crippen molar-refractivity contribution in [1.29, 1.82) is 0 Å². The Labute approximate surface area is 94.5 Å². The van der Waals surface area contributed by atoms with Crippen LogP contribution in [0.3, 0.4) is 0 Å². The van der Waals surface area contributed by atoms with Crippen LogP contribution in [0.4, 0.5) is 0 Å². The van der Waals surface area contributed by atoms with Crippen LogP contribution in [0.25, 0.3) is 0 Å². The van der Waals surface area contributed by atoms with E-state index < -0.39 is 0 Å². The van der Waals surface area contributed by atoms with E-state index in [1.807, 2.05) is 18.7 Å². The highest BCUT2D eigenvalue weighted by atomic mass is 32.2. The van der Waals surface area contributed by atoms with Crippen molar-refractivity contribution >= 4 is 23.1 Å². The van der Waals surface area contributed by atoms with Crippen LogP contribution in [0.2, 0.25) is 0 Å². The lowest BCUT2D eigenvalue weighted by Crippen LogP contribution is -2.13. The third-order valence-electron chi connectivity index (χ3n) is 1.82. The molecule has 0 aromatic carbocycles. The highest BCUT2D eigenvalue weighted by molar-refractivity contribution is 8.00. The normalized spacial score (nSPS) is 10.7. The lowest BCUT2D eigenvalue weighted by atomic mass is 10.3. The van der Waals surface area contributed by atoms with Crippen molar-refractivity contribution in [3.8, 4) is 0 Å². The van der Waals surface area contributed by atoms with E-state index in [2.05, 4.69) is 22.6 Å². The molecule has 0 saturated heterocycles. The summed E-state index contributed by atoms with van der Waals surface area (Å²) in [4.78, 5) is 4.41. The van der Waals surface area contributed by atoms with Gasteiger partial charge in [0.25, 0.3) is 0 Å². The maximum Gasteiger partial charge on any atom is 0.150 e. The summed E-state index contributed by atoms with van der Waals surface area (Å²) in [6.07, 6.45) is 2.54. The van der Waals surface area contributed by atoms with E-state index in [-0.39, 0.29) is 0 Å². The molecule has 1 aromatic rings. The molecular formula is C10H18N2S2. The zero-order valence-corrected chi connectivity index (χ0v) is 10.5. The molecular weight excluding hydrogens is 212 g/mol. The lowest BCUT2D eigenvalue weighted by molar-refractivity contribution is 0.666. The van der Waals surface area contributed by atoms with Gasteiger partial charge >= 0.3 is 0 Å². The quantitative estimate of drug-likeness (QED) is 0.576. The summed E-state index contributed by atoms with van der Waals surface area (Å²) in [5.74, 6) is 1.19. The van der Waals surface area contributed by atoms with Crippen molar-refractivity contribution in [3.05, 3.63) is 11.1 Å². The first-order chi connectivity index (χ1) is 6.83. The molecule has 0 saturated carbocycles. The van der Waals surface area contributed by atoms with Crippen LogP contribution in [-0.4, -0.2) is 23.8 Å². The van der Waals surface area contributed by atoms with Gasteiger partial charge in [0.05, 0.1) is 0 Å². The molecule has 0 spiro atoms. The fourth-order valence-electron chi connectivity index (χ4n) is 1.09. The van der Waals surface area contributed by atoms with Crippen molar-refractivity contribution in [3.63, 3.8) is 0 Å². The van der Waals surface area contributed by atoms with Gasteiger partial charge in [0.15, 0.2) is 0 Å². The average molecular weight is 230 g/mol. The van der Waals surface area contributed by atoms with Gasteiger partial charge in [-0.05, 0) is 32.9 Å². The van der Waals surface area contributed by atoms with Crippen LogP contribution in [0.1, 0.15) is 25.5 Å². The molecule has 0 fully saturated rings. The molecule has 1 aromatic heterocycles. The minimum absolute atomic E-state index is 1.08. The highest BCUT2D eigenvalue weighted by Gasteiger charge is 1.98. The monoisotopic (exact) mass is 230 g/mol. The van der Waals surface area contributed by atoms with Gasteiger partial charge in [-0.15, -0.1) is 11.3 Å². The van der Waals surface area contributed by atoms with Gasteiger partial charge in [-0.2, -0.15) is 0 Å². The zero-order chi connectivity index (χ0) is 10.2. The molecule has 4 heteroatoms. The van der Waals surface area contributed by atoms with Crippen molar-refractivity contribution in [2.75, 3.05) is 18.8 Å². The van der Waals surface area contributed by atoms with Crippen LogP contribution < -0.4 is 5.32 Å². The second kappa shape index (κ2) is 7.26. The molecule has 0 atom stereocenters. The van der Waals surface area contributed by atoms with Gasteiger partial charge in [0, 0.05) is 16.8 Å². The van der Waals surface area contributed by atoms with Crippen LogP contribution >= 0.6 is 23.1 Å². The number of thioether (sulfide) groups is 1. The number of aromatic nitrogens is 1. The summed E-state index contributed by atoms with van der Waals surface area (Å²) in [6.45, 7) is 6.42. The van der Waals surface area contributed by atoms with Gasteiger partial charge in [0.2, 0.25) is 0 Å². The topological polar surface area (TPSA) is 24.9 Å². The third-order valence-corrected chi connectivity index (χ3v) is 4.05. The first-order valence-corrected chi connectivity index (χ1v) is 6.95. The van der Waals surface area contributed by atoms with Crippen molar-refractivity contribution in [1.82, 2.24) is 10.3 Å². The molecule has 0 amide bonds. The number of hydrogen-bond acceptors (Lipinski definition) is 4. The van der Waals surface area contributed by atoms with E-state index in [4.69, 9.17) is 0 Å². The number of rotatable bonds is 7. The molecule has 0 aliphatic heterocycles. The molecule has 80 valence electrons. The average Bonchev–Trinajstić information content (AvgIpc) is 2.58. The summed E-state index contributed by atoms with van der Waals surface area (Å²) in [5.41, 5.74) is 1.14. The Morgan fingerprint density at radius 1 is 1.50 bits per heavy atom. The summed E-state index contributed by atoms with van der Waals surface area (Å²) < 4.78 is 1.21. The number of hydrogen-bond donors (Lipinski definition) is 1. The van der Waals surface area contributed by atoms with Crippen molar-refractivity contribution in [2.45, 2.75) is 31.0 Å². The number of thiazole rings is 1. The largest absolute Gasteiger partial charge is 0.317 e. The summed E-state index contributed by atoms with van der Waals surface area (Å²) in [6, 6.07) is 0. The Balaban J connectivity index is 1.99. The van der Waals surface area contributed by atoms with E-state index in [1.54, 1.807) is 11.3 Å². The van der Waals surface area contributed by atoms with Crippen molar-refractivity contribution in [2.24, 2.45) is 0 Å². The molecule has 0 radical (unpaired) electrons. The Kier molecular flexibility index (Phi) is 6.23. The second-order valence-electron chi connectivity index (χ2n) is 3.16. The van der Waals surface area contributed by atoms with E-state index in [0.29, 0.717) is 0 Å². The molecule has 1 N–H and O–H groups in total. The second-order valence-corrected chi connectivity index (χ2v) is 5.36. The van der Waals surface area contributed by atoms with E-state index in [1.165, 1.54) is 22.9 Å². The Morgan fingerprint density at radius 2 is 2.36 bits per heavy atom. The Hall–Kier alpha value is -0.0600. The summed E-state index contributed by atoms with van der Waals surface area (Å²) in [5, 5.41) is 5.44. The van der Waals surface area contributed by atoms with Crippen LogP contribution in [0.15, 0.2) is 9.72 Å². The predicted molar refractivity (Wildman–Crippen MR) is 65.4 cm³/mol. The highest BCUT2D eigenvalue weighted by Crippen LogP contribution is 2.22. The zero-order valence-electron chi connectivity index (χ0n) is 8.88. The van der Waals surface area contributed by atoms with Crippen LogP contribution in [0, 0.1) is 6.92 Å². The molecule has 0 aliphatic carbocycles. The van der Waals surface area contributed by atoms with E-state index in [0.717, 1.165) is 18.8 Å². The maximum absolute atomic E-state index is 4.41. The van der Waals surface area contributed by atoms with Crippen LogP contribution in [-0.2, 0) is 0 Å². The maximum atomic E-state index is 4.41. The van der Waals surface area contributed by atoms with Crippen LogP contribution in [0.5, 0.6) is 0 Å². The first kappa shape index (κ1) is 12.0. The molecule has 1 heterocycles. The summed E-state index contributed by atoms with van der Waals surface area (Å²) >= 11 is 3.63. The standard InChI is InChI=1S/C10H18N2S2/c1-3-11-6-4-5-7-13-10-12-9(2)8-14-10/h8,11H,3-7H2,1-2H3. The summed E-state index contributed by atoms with van der Waals surface area (Å²) in [7, 11) is 0. The first-order valence-electron chi connectivity index (χ1n) is 5.08. The minimum Gasteiger partial charge on any atom is -0.317 e. The lowest BCUT2D eigenvalue weighted by Gasteiger charge is -2.00. The molecule has 14 heavy (non-hydrogen) atoms. The minimum atomic E-state index is 1.08. The van der Waals surface area contributed by atoms with Crippen molar-refractivity contribution < 1.29 is 0 Å². The number of nitrogens with zero attached hydrogens (tertiary/aromatic N) is 1. The fraction of sp³-hybridized carbons (Fsp3) is 0.700. The fourth-order valence-corrected chi connectivity index (χ4v) is 3.01. The van der Waals surface area contributed by atoms with Gasteiger partial charge in [-0.3, -0.25) is 0 Å². The number of aryl methyl sites for hydroxylation is 1. The van der Waals surface area contributed by atoms with Gasteiger partial charge in [-0.25, -0.2) is 4.98 Å².